The van der Waals surface area contributed by atoms with Crippen molar-refractivity contribution in [2.75, 3.05) is 0 Å². The minimum Gasteiger partial charge on any atom is -0.0616 e. The second-order valence-corrected chi connectivity index (χ2v) is 18.7. The van der Waals surface area contributed by atoms with Gasteiger partial charge in [-0.15, -0.1) is 0 Å². The van der Waals surface area contributed by atoms with Crippen LogP contribution in [0.4, 0.5) is 0 Å². The van der Waals surface area contributed by atoms with Gasteiger partial charge in [-0.1, -0.05) is 218 Å². The number of hydrogen-bond donors (Lipinski definition) is 0. The lowest BCUT2D eigenvalue weighted by Crippen LogP contribution is -1.93. The lowest BCUT2D eigenvalue weighted by atomic mass is 9.83. The number of fused-ring (bicyclic) bond motifs is 3. The number of hydrogen-bond acceptors (Lipinski definition) is 0. The zero-order valence-corrected chi connectivity index (χ0v) is 37.1. The minimum absolute atomic E-state index is 1.20. The quantitative estimate of drug-likeness (QED) is 0.119. The van der Waals surface area contributed by atoms with E-state index >= 15 is 0 Å². The maximum atomic E-state index is 2.46. The summed E-state index contributed by atoms with van der Waals surface area (Å²) in [7, 11) is 0. The first-order valence-electron chi connectivity index (χ1n) is 23.7. The summed E-state index contributed by atoms with van der Waals surface area (Å²) in [6, 6.07) is 91.3. The first kappa shape index (κ1) is 37.4. The fourth-order valence-corrected chi connectivity index (χ4v) is 12.0. The van der Waals surface area contributed by atoms with Crippen LogP contribution >= 0.6 is 0 Å². The zero-order chi connectivity index (χ0) is 44.5. The Morgan fingerprint density at radius 3 is 1.10 bits per heavy atom. The summed E-state index contributed by atoms with van der Waals surface area (Å²) in [5.41, 5.74) is 12.3. The van der Waals surface area contributed by atoms with E-state index in [1.54, 1.807) is 0 Å². The molecule has 0 aromatic heterocycles. The van der Waals surface area contributed by atoms with Crippen LogP contribution in [0.25, 0.3) is 153 Å². The molecule has 0 saturated carbocycles. The molecule has 0 heterocycles. The molecule has 0 aliphatic carbocycles. The smallest absolute Gasteiger partial charge is 0.00206 e. The van der Waals surface area contributed by atoms with Gasteiger partial charge in [-0.25, -0.2) is 0 Å². The van der Waals surface area contributed by atoms with Gasteiger partial charge in [0.15, 0.2) is 0 Å². The zero-order valence-electron chi connectivity index (χ0n) is 37.1. The lowest BCUT2D eigenvalue weighted by Gasteiger charge is -2.20. The van der Waals surface area contributed by atoms with E-state index in [0.29, 0.717) is 0 Å². The monoisotopic (exact) mass is 856 g/mol. The van der Waals surface area contributed by atoms with Crippen LogP contribution in [0.3, 0.4) is 0 Å². The molecule has 0 aliphatic rings. The highest BCUT2D eigenvalue weighted by molar-refractivity contribution is 6.28. The molecule has 0 saturated heterocycles. The molecule has 15 aromatic carbocycles. The molecule has 0 unspecified atom stereocenters. The molecule has 0 heteroatoms. The predicted molar refractivity (Wildman–Crippen MR) is 294 cm³/mol. The molecule has 0 N–H and O–H groups in total. The summed E-state index contributed by atoms with van der Waals surface area (Å²) in [5, 5.41) is 23.1. The molecule has 312 valence electrons. The maximum Gasteiger partial charge on any atom is -0.00206 e. The Balaban J connectivity index is 0.973. The van der Waals surface area contributed by atoms with E-state index in [9.17, 15) is 0 Å². The fourth-order valence-electron chi connectivity index (χ4n) is 12.0. The molecule has 15 rings (SSSR count). The molecule has 0 aliphatic heterocycles. The average molecular weight is 857 g/mol. The largest absolute Gasteiger partial charge is 0.0616 e. The molecule has 68 heavy (non-hydrogen) atoms. The highest BCUT2D eigenvalue weighted by atomic mass is 14.2. The van der Waals surface area contributed by atoms with Crippen LogP contribution in [0.1, 0.15) is 0 Å². The van der Waals surface area contributed by atoms with Crippen LogP contribution in [-0.4, -0.2) is 0 Å². The van der Waals surface area contributed by atoms with Crippen molar-refractivity contribution in [3.63, 3.8) is 0 Å². The third-order valence-corrected chi connectivity index (χ3v) is 15.1. The van der Waals surface area contributed by atoms with E-state index in [2.05, 4.69) is 243 Å². The summed E-state index contributed by atoms with van der Waals surface area (Å²) < 4.78 is 0. The van der Waals surface area contributed by atoms with E-state index in [4.69, 9.17) is 0 Å². The predicted octanol–water partition coefficient (Wildman–Crippen LogP) is 19.3. The Morgan fingerprint density at radius 1 is 0.162 bits per heavy atom. The Labute approximate surface area is 393 Å². The van der Waals surface area contributed by atoms with E-state index < -0.39 is 0 Å². The average Bonchev–Trinajstić information content (AvgIpc) is 3.40. The minimum atomic E-state index is 1.20. The van der Waals surface area contributed by atoms with Crippen molar-refractivity contribution in [1.29, 1.82) is 0 Å². The highest BCUT2D eigenvalue weighted by Crippen LogP contribution is 2.48. The van der Waals surface area contributed by atoms with Gasteiger partial charge in [0.25, 0.3) is 0 Å². The summed E-state index contributed by atoms with van der Waals surface area (Å²) in [4.78, 5) is 0. The summed E-state index contributed by atoms with van der Waals surface area (Å²) in [6.07, 6.45) is 0. The molecule has 0 nitrogen and oxygen atoms in total. The van der Waals surface area contributed by atoms with Crippen LogP contribution in [-0.2, 0) is 0 Å². The fraction of sp³-hybridized carbons (Fsp3) is 0. The molecular weight excluding hydrogens is 817 g/mol. The van der Waals surface area contributed by atoms with Crippen molar-refractivity contribution in [3.8, 4) is 55.6 Å². The normalized spacial score (nSPS) is 12.1. The number of benzene rings is 15. The number of rotatable bonds is 5. The van der Waals surface area contributed by atoms with Crippen molar-refractivity contribution < 1.29 is 0 Å². The Kier molecular flexibility index (Phi) is 7.88. The second kappa shape index (κ2) is 14.3. The van der Waals surface area contributed by atoms with Crippen molar-refractivity contribution in [1.82, 2.24) is 0 Å². The molecular formula is C68H40. The van der Waals surface area contributed by atoms with Gasteiger partial charge in [0.1, 0.15) is 0 Å². The van der Waals surface area contributed by atoms with Crippen LogP contribution in [0.15, 0.2) is 243 Å². The Bertz CT molecular complexity index is 4520. The van der Waals surface area contributed by atoms with E-state index in [1.807, 2.05) is 0 Å². The van der Waals surface area contributed by atoms with Gasteiger partial charge in [0.05, 0.1) is 0 Å². The molecule has 0 radical (unpaired) electrons. The van der Waals surface area contributed by atoms with Crippen LogP contribution in [0.5, 0.6) is 0 Å². The lowest BCUT2D eigenvalue weighted by molar-refractivity contribution is 1.62. The Hall–Kier alpha value is -8.84. The molecule has 15 aromatic rings. The molecule has 0 fully saturated rings. The summed E-state index contributed by atoms with van der Waals surface area (Å²) in [5.74, 6) is 0. The molecule has 0 amide bonds. The van der Waals surface area contributed by atoms with Crippen molar-refractivity contribution >= 4 is 97.0 Å². The van der Waals surface area contributed by atoms with Gasteiger partial charge in [-0.3, -0.25) is 0 Å². The topological polar surface area (TPSA) is 0 Å². The van der Waals surface area contributed by atoms with Crippen molar-refractivity contribution in [2.45, 2.75) is 0 Å². The third kappa shape index (κ3) is 5.49. The second-order valence-electron chi connectivity index (χ2n) is 18.7. The van der Waals surface area contributed by atoms with Gasteiger partial charge in [-0.2, -0.15) is 0 Å². The molecule has 0 spiro atoms. The maximum absolute atomic E-state index is 2.46. The molecule has 0 bridgehead atoms. The van der Waals surface area contributed by atoms with E-state index in [1.165, 1.54) is 153 Å². The van der Waals surface area contributed by atoms with Gasteiger partial charge < -0.3 is 0 Å². The van der Waals surface area contributed by atoms with Crippen molar-refractivity contribution in [2.24, 2.45) is 0 Å². The van der Waals surface area contributed by atoms with Gasteiger partial charge in [0.2, 0.25) is 0 Å². The first-order valence-corrected chi connectivity index (χ1v) is 23.7. The van der Waals surface area contributed by atoms with Gasteiger partial charge in [0, 0.05) is 0 Å². The van der Waals surface area contributed by atoms with Crippen LogP contribution < -0.4 is 0 Å². The molecule has 0 atom stereocenters. The summed E-state index contributed by atoms with van der Waals surface area (Å²) in [6.45, 7) is 0. The summed E-state index contributed by atoms with van der Waals surface area (Å²) >= 11 is 0. The SMILES string of the molecule is c1cc(-c2c3ccccc3c(-c3cccc(-c4ccc5ccc6cccc7ccc4c5c67)c3)c3cc(-c4ccc5ccccc5c4)ccc23)cc(-c2ccc3ccc4cccc5ccc2c3c45)c1. The third-order valence-electron chi connectivity index (χ3n) is 15.1. The van der Waals surface area contributed by atoms with E-state index in [-0.39, 0.29) is 0 Å². The Morgan fingerprint density at radius 2 is 0.529 bits per heavy atom. The standard InChI is InChI=1S/C68H40/c1-2-10-48-37-49(26-21-41(48)9-1)50-31-36-61-62(40-50)66(54-18-8-16-52(39-54)56-33-28-47-25-23-43-12-6-14-45-30-35-60(56)68(47)64(43)45)58-20-4-3-19-57(58)65(61)53-17-7-15-51(38-53)55-32-27-46-24-22-42-11-5-13-44-29-34-59(55)67(46)63(42)44/h1-40H. The van der Waals surface area contributed by atoms with Crippen LogP contribution in [0.2, 0.25) is 0 Å². The highest BCUT2D eigenvalue weighted by Gasteiger charge is 2.20. The first-order chi connectivity index (χ1) is 33.7. The van der Waals surface area contributed by atoms with Crippen LogP contribution in [0, 0.1) is 0 Å². The van der Waals surface area contributed by atoms with Gasteiger partial charge >= 0.3 is 0 Å². The van der Waals surface area contributed by atoms with Crippen molar-refractivity contribution in [3.05, 3.63) is 243 Å². The van der Waals surface area contributed by atoms with Gasteiger partial charge in [-0.05, 0) is 177 Å². The van der Waals surface area contributed by atoms with E-state index in [0.717, 1.165) is 0 Å².